The number of carbonyl (C=O) groups excluding carboxylic acids is 3. The first-order valence-corrected chi connectivity index (χ1v) is 14.8. The smallest absolute Gasteiger partial charge is 0.308 e. The van der Waals surface area contributed by atoms with Crippen LogP contribution < -0.4 is 15.1 Å². The van der Waals surface area contributed by atoms with Gasteiger partial charge in [0.15, 0.2) is 0 Å². The van der Waals surface area contributed by atoms with Crippen molar-refractivity contribution in [2.75, 3.05) is 10.2 Å². The maximum Gasteiger partial charge on any atom is 0.308 e. The molecule has 0 aliphatic carbocycles. The fourth-order valence-electron chi connectivity index (χ4n) is 5.18. The fourth-order valence-corrected chi connectivity index (χ4v) is 8.22. The van der Waals surface area contributed by atoms with Gasteiger partial charge in [-0.25, -0.2) is 4.90 Å². The molecule has 196 valence electrons. The van der Waals surface area contributed by atoms with E-state index in [-0.39, 0.29) is 29.1 Å². The molecule has 4 aromatic rings. The Balaban J connectivity index is 1.41. The third kappa shape index (κ3) is 4.66. The van der Waals surface area contributed by atoms with Crippen molar-refractivity contribution in [2.45, 2.75) is 29.7 Å². The number of halogens is 1. The molecule has 10 heteroatoms. The Kier molecular flexibility index (Phi) is 6.78. The number of hydrogen-bond acceptors (Lipinski definition) is 6. The van der Waals surface area contributed by atoms with Crippen molar-refractivity contribution in [3.8, 4) is 0 Å². The van der Waals surface area contributed by atoms with Crippen LogP contribution in [0.25, 0.3) is 0 Å². The molecule has 2 aliphatic heterocycles. The van der Waals surface area contributed by atoms with E-state index in [1.807, 2.05) is 55.5 Å². The van der Waals surface area contributed by atoms with Gasteiger partial charge in [0.05, 0.1) is 16.6 Å². The van der Waals surface area contributed by atoms with Gasteiger partial charge in [-0.15, -0.1) is 0 Å². The van der Waals surface area contributed by atoms with Gasteiger partial charge in [0, 0.05) is 21.0 Å². The molecule has 1 fully saturated rings. The molecule has 0 unspecified atom stereocenters. The van der Waals surface area contributed by atoms with Crippen molar-refractivity contribution < 1.29 is 14.4 Å². The van der Waals surface area contributed by atoms with Gasteiger partial charge in [0.2, 0.25) is 17.7 Å². The number of benzene rings is 3. The first kappa shape index (κ1) is 25.8. The second-order valence-corrected chi connectivity index (χ2v) is 12.5. The van der Waals surface area contributed by atoms with Gasteiger partial charge in [0.1, 0.15) is 11.8 Å². The quantitative estimate of drug-likeness (QED) is 0.302. The highest BCUT2D eigenvalue weighted by atomic mass is 79.9. The van der Waals surface area contributed by atoms with E-state index in [2.05, 4.69) is 21.2 Å². The summed E-state index contributed by atoms with van der Waals surface area (Å²) >= 11 is 5.71. The molecular formula is C29H22BrN3O4S2. The first-order chi connectivity index (χ1) is 18.8. The molecule has 6 rings (SSSR count). The summed E-state index contributed by atoms with van der Waals surface area (Å²) in [7, 11) is 0. The molecule has 0 saturated carbocycles. The van der Waals surface area contributed by atoms with Crippen LogP contribution >= 0.6 is 39.0 Å². The fraction of sp³-hybridized carbons (Fsp3) is 0.172. The summed E-state index contributed by atoms with van der Waals surface area (Å²) in [6, 6.07) is 23.9. The van der Waals surface area contributed by atoms with Gasteiger partial charge in [0.25, 0.3) is 0 Å². The number of aromatic nitrogens is 1. The Hall–Kier alpha value is -3.47. The molecule has 1 saturated heterocycles. The standard InChI is InChI=1S/C29H22BrN3O4S2/c1-16-6-5-7-19(14-16)31-21(34)15-32-28-25(39-29(32)37)22(17-10-12-18(30)13-11-17)23-24(38-28)27(36)33(26(23)35)20-8-3-2-4-9-20/h2-14,22-24H,15H2,1H3,(H,31,34)/t22-,23-,24+/m0/s1. The predicted octanol–water partition coefficient (Wildman–Crippen LogP) is 5.42. The van der Waals surface area contributed by atoms with Crippen LogP contribution in [-0.4, -0.2) is 27.5 Å². The highest BCUT2D eigenvalue weighted by Crippen LogP contribution is 2.53. The van der Waals surface area contributed by atoms with Crippen molar-refractivity contribution in [1.29, 1.82) is 0 Å². The van der Waals surface area contributed by atoms with Crippen molar-refractivity contribution in [2.24, 2.45) is 5.92 Å². The molecule has 0 radical (unpaired) electrons. The molecule has 2 aliphatic rings. The van der Waals surface area contributed by atoms with Crippen LogP contribution in [-0.2, 0) is 20.9 Å². The summed E-state index contributed by atoms with van der Waals surface area (Å²) in [5.41, 5.74) is 3.01. The predicted molar refractivity (Wildman–Crippen MR) is 156 cm³/mol. The molecule has 0 bridgehead atoms. The summed E-state index contributed by atoms with van der Waals surface area (Å²) < 4.78 is 2.31. The Morgan fingerprint density at radius 3 is 2.41 bits per heavy atom. The van der Waals surface area contributed by atoms with Crippen LogP contribution in [0.15, 0.2) is 93.2 Å². The highest BCUT2D eigenvalue weighted by Gasteiger charge is 2.56. The van der Waals surface area contributed by atoms with Crippen molar-refractivity contribution in [3.05, 3.63) is 109 Å². The number of imide groups is 1. The minimum Gasteiger partial charge on any atom is -0.325 e. The van der Waals surface area contributed by atoms with E-state index < -0.39 is 17.1 Å². The van der Waals surface area contributed by atoms with Crippen LogP contribution in [0.1, 0.15) is 21.9 Å². The topological polar surface area (TPSA) is 88.5 Å². The normalized spacial score (nSPS) is 20.1. The number of rotatable bonds is 5. The van der Waals surface area contributed by atoms with Gasteiger partial charge >= 0.3 is 4.87 Å². The number of nitrogens with zero attached hydrogens (tertiary/aromatic N) is 2. The number of nitrogens with one attached hydrogen (secondary N) is 1. The summed E-state index contributed by atoms with van der Waals surface area (Å²) in [6.07, 6.45) is 0. The summed E-state index contributed by atoms with van der Waals surface area (Å²) in [6.45, 7) is 1.74. The van der Waals surface area contributed by atoms with Crippen molar-refractivity contribution in [1.82, 2.24) is 4.57 Å². The minimum atomic E-state index is -0.723. The zero-order valence-electron chi connectivity index (χ0n) is 20.7. The average molecular weight is 621 g/mol. The Labute approximate surface area is 241 Å². The van der Waals surface area contributed by atoms with Crippen LogP contribution in [0.2, 0.25) is 0 Å². The van der Waals surface area contributed by atoms with E-state index >= 15 is 0 Å². The lowest BCUT2D eigenvalue weighted by molar-refractivity contribution is -0.122. The molecule has 0 spiro atoms. The molecular weight excluding hydrogens is 598 g/mol. The Morgan fingerprint density at radius 2 is 1.69 bits per heavy atom. The van der Waals surface area contributed by atoms with E-state index in [1.165, 1.54) is 21.2 Å². The number of thiazole rings is 1. The maximum absolute atomic E-state index is 13.8. The van der Waals surface area contributed by atoms with E-state index in [0.29, 0.717) is 21.3 Å². The van der Waals surface area contributed by atoms with Crippen molar-refractivity contribution >= 4 is 68.1 Å². The van der Waals surface area contributed by atoms with Crippen LogP contribution in [0, 0.1) is 12.8 Å². The SMILES string of the molecule is Cc1cccc(NC(=O)Cn2c3c(sc2=O)[C@@H](c2ccc(Br)cc2)[C@@H]2C(=O)N(c4ccccc4)C(=O)[C@@H]2S3)c1. The van der Waals surface area contributed by atoms with E-state index in [4.69, 9.17) is 0 Å². The lowest BCUT2D eigenvalue weighted by Gasteiger charge is -2.30. The minimum absolute atomic E-state index is 0.194. The zero-order chi connectivity index (χ0) is 27.3. The number of thioether (sulfide) groups is 1. The second-order valence-electron chi connectivity index (χ2n) is 9.48. The third-order valence-electron chi connectivity index (χ3n) is 6.90. The maximum atomic E-state index is 13.8. The monoisotopic (exact) mass is 619 g/mol. The van der Waals surface area contributed by atoms with E-state index in [9.17, 15) is 19.2 Å². The van der Waals surface area contributed by atoms with E-state index in [0.717, 1.165) is 26.9 Å². The number of amides is 3. The molecule has 3 amide bonds. The number of hydrogen-bond donors (Lipinski definition) is 1. The molecule has 3 heterocycles. The lowest BCUT2D eigenvalue weighted by atomic mass is 9.83. The lowest BCUT2D eigenvalue weighted by Crippen LogP contribution is -2.33. The number of fused-ring (bicyclic) bond motifs is 2. The zero-order valence-corrected chi connectivity index (χ0v) is 23.9. The largest absolute Gasteiger partial charge is 0.325 e. The molecule has 1 aromatic heterocycles. The first-order valence-electron chi connectivity index (χ1n) is 12.3. The number of aryl methyl sites for hydroxylation is 1. The van der Waals surface area contributed by atoms with Crippen LogP contribution in [0.3, 0.4) is 0 Å². The molecule has 7 nitrogen and oxygen atoms in total. The third-order valence-corrected chi connectivity index (χ3v) is 10.0. The van der Waals surface area contributed by atoms with Gasteiger partial charge in [-0.1, -0.05) is 81.5 Å². The molecule has 3 atom stereocenters. The number of carbonyl (C=O) groups is 3. The van der Waals surface area contributed by atoms with Gasteiger partial charge in [-0.05, 0) is 54.4 Å². The second kappa shape index (κ2) is 10.3. The molecule has 1 N–H and O–H groups in total. The van der Waals surface area contributed by atoms with Gasteiger partial charge in [-0.2, -0.15) is 0 Å². The van der Waals surface area contributed by atoms with Gasteiger partial charge in [-0.3, -0.25) is 23.7 Å². The Bertz CT molecular complexity index is 1670. The van der Waals surface area contributed by atoms with Crippen LogP contribution in [0.5, 0.6) is 0 Å². The summed E-state index contributed by atoms with van der Waals surface area (Å²) in [5.74, 6) is -2.12. The average Bonchev–Trinajstić information content (AvgIpc) is 3.36. The number of anilines is 2. The molecule has 39 heavy (non-hydrogen) atoms. The summed E-state index contributed by atoms with van der Waals surface area (Å²) in [4.78, 5) is 55.5. The van der Waals surface area contributed by atoms with E-state index in [1.54, 1.807) is 30.3 Å². The molecule has 3 aromatic carbocycles. The van der Waals surface area contributed by atoms with Crippen LogP contribution in [0.4, 0.5) is 11.4 Å². The van der Waals surface area contributed by atoms with Gasteiger partial charge < -0.3 is 5.32 Å². The number of para-hydroxylation sites is 1. The Morgan fingerprint density at radius 1 is 0.949 bits per heavy atom. The van der Waals surface area contributed by atoms with Crippen molar-refractivity contribution in [3.63, 3.8) is 0 Å². The summed E-state index contributed by atoms with van der Waals surface area (Å²) in [5, 5.41) is 2.70. The highest BCUT2D eigenvalue weighted by molar-refractivity contribution is 9.10.